The summed E-state index contributed by atoms with van der Waals surface area (Å²) in [5.41, 5.74) is 0.0968. The fourth-order valence-electron chi connectivity index (χ4n) is 2.21. The third kappa shape index (κ3) is 3.27. The number of carbonyl (C=O) groups excluding carboxylic acids is 1. The number of tetrazole rings is 1. The molecule has 2 heterocycles. The maximum absolute atomic E-state index is 11.9. The average molecular weight is 291 g/mol. The summed E-state index contributed by atoms with van der Waals surface area (Å²) in [7, 11) is 0. The number of hydrogen-bond donors (Lipinski definition) is 2. The normalized spacial score (nSPS) is 15.9. The number of furan rings is 1. The lowest BCUT2D eigenvalue weighted by molar-refractivity contribution is -0.122. The minimum Gasteiger partial charge on any atom is -0.461 e. The van der Waals surface area contributed by atoms with Crippen LogP contribution in [0.1, 0.15) is 19.3 Å². The number of aromatic nitrogens is 4. The molecular formula is C13H17N5O3. The predicted octanol–water partition coefficient (Wildman–Crippen LogP) is 0.212. The van der Waals surface area contributed by atoms with Crippen LogP contribution in [0.5, 0.6) is 0 Å². The van der Waals surface area contributed by atoms with Crippen molar-refractivity contribution in [1.82, 2.24) is 25.5 Å². The zero-order valence-corrected chi connectivity index (χ0v) is 11.5. The van der Waals surface area contributed by atoms with Gasteiger partial charge in [0.1, 0.15) is 6.54 Å². The van der Waals surface area contributed by atoms with Crippen LogP contribution in [-0.4, -0.2) is 44.4 Å². The van der Waals surface area contributed by atoms with Crippen molar-refractivity contribution in [2.24, 2.45) is 5.41 Å². The first-order valence-electron chi connectivity index (χ1n) is 6.90. The van der Waals surface area contributed by atoms with Gasteiger partial charge in [0.15, 0.2) is 5.76 Å². The molecular weight excluding hydrogens is 274 g/mol. The van der Waals surface area contributed by atoms with Crippen LogP contribution in [0.15, 0.2) is 22.8 Å². The van der Waals surface area contributed by atoms with Crippen molar-refractivity contribution in [3.63, 3.8) is 0 Å². The van der Waals surface area contributed by atoms with Gasteiger partial charge in [-0.25, -0.2) is 0 Å². The minimum atomic E-state index is -0.164. The molecule has 8 heteroatoms. The van der Waals surface area contributed by atoms with Crippen LogP contribution in [0.25, 0.3) is 11.6 Å². The molecule has 0 atom stereocenters. The number of nitrogens with zero attached hydrogens (tertiary/aromatic N) is 4. The van der Waals surface area contributed by atoms with Crippen LogP contribution >= 0.6 is 0 Å². The molecule has 0 saturated heterocycles. The largest absolute Gasteiger partial charge is 0.461 e. The maximum Gasteiger partial charge on any atom is 0.243 e. The number of amides is 1. The van der Waals surface area contributed by atoms with E-state index in [2.05, 4.69) is 20.7 Å². The van der Waals surface area contributed by atoms with E-state index in [-0.39, 0.29) is 24.5 Å². The molecule has 1 saturated carbocycles. The predicted molar refractivity (Wildman–Crippen MR) is 71.9 cm³/mol. The molecule has 0 spiro atoms. The van der Waals surface area contributed by atoms with E-state index in [1.165, 1.54) is 11.1 Å². The van der Waals surface area contributed by atoms with Gasteiger partial charge in [0.2, 0.25) is 11.7 Å². The third-order valence-corrected chi connectivity index (χ3v) is 3.74. The van der Waals surface area contributed by atoms with Crippen molar-refractivity contribution in [2.45, 2.75) is 25.8 Å². The zero-order valence-electron chi connectivity index (χ0n) is 11.5. The smallest absolute Gasteiger partial charge is 0.243 e. The minimum absolute atomic E-state index is 0.0168. The van der Waals surface area contributed by atoms with Gasteiger partial charge in [-0.15, -0.1) is 10.2 Å². The van der Waals surface area contributed by atoms with Crippen molar-refractivity contribution in [3.05, 3.63) is 18.4 Å². The summed E-state index contributed by atoms with van der Waals surface area (Å²) in [4.78, 5) is 13.1. The highest BCUT2D eigenvalue weighted by atomic mass is 16.3. The van der Waals surface area contributed by atoms with E-state index >= 15 is 0 Å². The average Bonchev–Trinajstić information content (AvgIpc) is 2.91. The Morgan fingerprint density at radius 2 is 2.38 bits per heavy atom. The second-order valence-corrected chi connectivity index (χ2v) is 5.37. The molecule has 2 aromatic heterocycles. The fraction of sp³-hybridized carbons (Fsp3) is 0.538. The summed E-state index contributed by atoms with van der Waals surface area (Å²) in [6, 6.07) is 3.46. The molecule has 1 aliphatic rings. The lowest BCUT2D eigenvalue weighted by Crippen LogP contribution is -2.33. The van der Waals surface area contributed by atoms with Gasteiger partial charge >= 0.3 is 0 Å². The Bertz CT molecular complexity index is 603. The van der Waals surface area contributed by atoms with Crippen molar-refractivity contribution in [3.8, 4) is 11.6 Å². The molecule has 1 amide bonds. The third-order valence-electron chi connectivity index (χ3n) is 3.74. The summed E-state index contributed by atoms with van der Waals surface area (Å²) in [5.74, 6) is 0.705. The Hall–Kier alpha value is -2.22. The molecule has 0 aromatic carbocycles. The second-order valence-electron chi connectivity index (χ2n) is 5.37. The lowest BCUT2D eigenvalue weighted by Gasteiger charge is -2.14. The molecule has 8 nitrogen and oxygen atoms in total. The van der Waals surface area contributed by atoms with E-state index < -0.39 is 0 Å². The van der Waals surface area contributed by atoms with E-state index in [0.717, 1.165) is 19.3 Å². The van der Waals surface area contributed by atoms with Gasteiger partial charge in [0.25, 0.3) is 0 Å². The SMILES string of the molecule is O=C(Cn1nnc(-c2ccco2)n1)NCC1(CCO)CC1. The standard InChI is InChI=1S/C13H17N5O3/c19-6-5-13(3-4-13)9-14-11(20)8-18-16-12(15-17-18)10-2-1-7-21-10/h1-2,7,19H,3-6,8-9H2,(H,14,20). The van der Waals surface area contributed by atoms with Crippen molar-refractivity contribution in [1.29, 1.82) is 0 Å². The zero-order chi connectivity index (χ0) is 14.7. The Kier molecular flexibility index (Phi) is 3.70. The van der Waals surface area contributed by atoms with E-state index in [9.17, 15) is 4.79 Å². The molecule has 0 bridgehead atoms. The number of rotatable bonds is 7. The topological polar surface area (TPSA) is 106 Å². The number of aliphatic hydroxyl groups is 1. The van der Waals surface area contributed by atoms with Gasteiger partial charge < -0.3 is 14.8 Å². The van der Waals surface area contributed by atoms with Gasteiger partial charge in [0, 0.05) is 13.2 Å². The second kappa shape index (κ2) is 5.65. The molecule has 21 heavy (non-hydrogen) atoms. The van der Waals surface area contributed by atoms with Crippen LogP contribution < -0.4 is 5.32 Å². The molecule has 0 aliphatic heterocycles. The molecule has 2 aromatic rings. The number of carbonyl (C=O) groups is 1. The first kappa shape index (κ1) is 13.7. The van der Waals surface area contributed by atoms with Gasteiger partial charge in [-0.1, -0.05) is 0 Å². The quantitative estimate of drug-likeness (QED) is 0.755. The van der Waals surface area contributed by atoms with Crippen molar-refractivity contribution >= 4 is 5.91 Å². The Labute approximate surface area is 121 Å². The summed E-state index contributed by atoms with van der Waals surface area (Å²) in [6.45, 7) is 0.766. The van der Waals surface area contributed by atoms with Crippen LogP contribution in [0.3, 0.4) is 0 Å². The van der Waals surface area contributed by atoms with Gasteiger partial charge in [-0.2, -0.15) is 4.80 Å². The highest BCUT2D eigenvalue weighted by molar-refractivity contribution is 5.75. The first-order valence-corrected chi connectivity index (χ1v) is 6.90. The summed E-state index contributed by atoms with van der Waals surface area (Å²) in [6.07, 6.45) is 4.37. The summed E-state index contributed by atoms with van der Waals surface area (Å²) in [5, 5.41) is 23.6. The van der Waals surface area contributed by atoms with Crippen LogP contribution in [0.2, 0.25) is 0 Å². The Morgan fingerprint density at radius 1 is 1.52 bits per heavy atom. The number of aliphatic hydroxyl groups excluding tert-OH is 1. The number of hydrogen-bond acceptors (Lipinski definition) is 6. The molecule has 0 unspecified atom stereocenters. The van der Waals surface area contributed by atoms with Crippen LogP contribution in [0.4, 0.5) is 0 Å². The van der Waals surface area contributed by atoms with Gasteiger partial charge in [-0.05, 0) is 42.0 Å². The molecule has 1 fully saturated rings. The van der Waals surface area contributed by atoms with E-state index in [4.69, 9.17) is 9.52 Å². The van der Waals surface area contributed by atoms with Crippen LogP contribution in [0, 0.1) is 5.41 Å². The molecule has 1 aliphatic carbocycles. The fourth-order valence-corrected chi connectivity index (χ4v) is 2.21. The Morgan fingerprint density at radius 3 is 3.05 bits per heavy atom. The maximum atomic E-state index is 11.9. The van der Waals surface area contributed by atoms with Gasteiger partial charge in [0.05, 0.1) is 6.26 Å². The Balaban J connectivity index is 1.51. The summed E-state index contributed by atoms with van der Waals surface area (Å²) < 4.78 is 5.16. The highest BCUT2D eigenvalue weighted by Crippen LogP contribution is 2.47. The van der Waals surface area contributed by atoms with Crippen molar-refractivity contribution < 1.29 is 14.3 Å². The van der Waals surface area contributed by atoms with Crippen molar-refractivity contribution in [2.75, 3.05) is 13.2 Å². The van der Waals surface area contributed by atoms with Crippen LogP contribution in [-0.2, 0) is 11.3 Å². The highest BCUT2D eigenvalue weighted by Gasteiger charge is 2.41. The first-order chi connectivity index (χ1) is 10.2. The number of nitrogens with one attached hydrogen (secondary N) is 1. The lowest BCUT2D eigenvalue weighted by atomic mass is 10.0. The molecule has 112 valence electrons. The molecule has 0 radical (unpaired) electrons. The van der Waals surface area contributed by atoms with E-state index in [0.29, 0.717) is 18.1 Å². The summed E-state index contributed by atoms with van der Waals surface area (Å²) >= 11 is 0. The van der Waals surface area contributed by atoms with Gasteiger partial charge in [-0.3, -0.25) is 4.79 Å². The van der Waals surface area contributed by atoms with E-state index in [1.807, 2.05) is 0 Å². The molecule has 2 N–H and O–H groups in total. The molecule has 3 rings (SSSR count). The monoisotopic (exact) mass is 291 g/mol. The van der Waals surface area contributed by atoms with E-state index in [1.54, 1.807) is 12.1 Å².